The Balaban J connectivity index is 3.88. The highest BCUT2D eigenvalue weighted by molar-refractivity contribution is 9.28. The molecule has 0 bridgehead atoms. The number of allylic oxidation sites excluding steroid dienone is 5. The fourth-order valence-electron chi connectivity index (χ4n) is 0.877. The quantitative estimate of drug-likeness (QED) is 0.487. The molecule has 0 nitrogen and oxygen atoms in total. The van der Waals surface area contributed by atoms with E-state index in [1.165, 1.54) is 11.1 Å². The minimum absolute atomic E-state index is 0.988. The molecule has 0 saturated carbocycles. The van der Waals surface area contributed by atoms with Gasteiger partial charge in [-0.3, -0.25) is 0 Å². The van der Waals surface area contributed by atoms with Crippen LogP contribution in [0, 0.1) is 0 Å². The van der Waals surface area contributed by atoms with Crippen LogP contribution in [0.15, 0.2) is 32.8 Å². The lowest BCUT2D eigenvalue weighted by Crippen LogP contribution is -1.75. The van der Waals surface area contributed by atoms with Crippen molar-refractivity contribution in [3.05, 3.63) is 32.8 Å². The van der Waals surface area contributed by atoms with Crippen molar-refractivity contribution in [2.75, 3.05) is 0 Å². The monoisotopic (exact) mass is 306 g/mol. The average Bonchev–Trinajstić information content (AvgIpc) is 2.00. The second-order valence-corrected chi connectivity index (χ2v) is 6.06. The molecule has 0 spiro atoms. The van der Waals surface area contributed by atoms with E-state index in [-0.39, 0.29) is 0 Å². The first-order chi connectivity index (χ1) is 6.02. The highest BCUT2D eigenvalue weighted by Crippen LogP contribution is 2.14. The molecule has 0 aliphatic heterocycles. The number of halogens is 2. The molecular formula is C11H16Br2. The Bertz CT molecular complexity index is 226. The van der Waals surface area contributed by atoms with Gasteiger partial charge in [0.05, 0.1) is 3.39 Å². The smallest absolute Gasteiger partial charge is 0.0604 e. The maximum Gasteiger partial charge on any atom is 0.0604 e. The predicted molar refractivity (Wildman–Crippen MR) is 68.4 cm³/mol. The van der Waals surface area contributed by atoms with E-state index in [0.29, 0.717) is 0 Å². The molecule has 0 aromatic rings. The summed E-state index contributed by atoms with van der Waals surface area (Å²) in [6.07, 6.45) is 8.67. The SMILES string of the molecule is CC(C)=CCC/C(C)=C\C=C(Br)Br. The van der Waals surface area contributed by atoms with Gasteiger partial charge < -0.3 is 0 Å². The Morgan fingerprint density at radius 1 is 1.08 bits per heavy atom. The van der Waals surface area contributed by atoms with E-state index >= 15 is 0 Å². The van der Waals surface area contributed by atoms with Gasteiger partial charge in [-0.1, -0.05) is 23.3 Å². The third-order valence-corrected chi connectivity index (χ3v) is 2.11. The minimum Gasteiger partial charge on any atom is -0.0856 e. The Morgan fingerprint density at radius 3 is 2.15 bits per heavy atom. The molecule has 2 heteroatoms. The van der Waals surface area contributed by atoms with Crippen LogP contribution < -0.4 is 0 Å². The van der Waals surface area contributed by atoms with Gasteiger partial charge in [-0.15, -0.1) is 0 Å². The van der Waals surface area contributed by atoms with Crippen molar-refractivity contribution < 1.29 is 0 Å². The van der Waals surface area contributed by atoms with Crippen LogP contribution in [0.1, 0.15) is 33.6 Å². The Labute approximate surface area is 98.1 Å². The third-order valence-electron chi connectivity index (χ3n) is 1.59. The van der Waals surface area contributed by atoms with E-state index in [9.17, 15) is 0 Å². The molecule has 0 fully saturated rings. The van der Waals surface area contributed by atoms with Gasteiger partial charge in [0.15, 0.2) is 0 Å². The average molecular weight is 308 g/mol. The first kappa shape index (κ1) is 13.2. The summed E-state index contributed by atoms with van der Waals surface area (Å²) in [5.74, 6) is 0. The molecule has 0 amide bonds. The molecule has 0 N–H and O–H groups in total. The number of rotatable bonds is 4. The largest absolute Gasteiger partial charge is 0.0856 e. The van der Waals surface area contributed by atoms with Crippen LogP contribution in [0.4, 0.5) is 0 Å². The Morgan fingerprint density at radius 2 is 1.69 bits per heavy atom. The number of hydrogen-bond acceptors (Lipinski definition) is 0. The van der Waals surface area contributed by atoms with Gasteiger partial charge in [-0.2, -0.15) is 0 Å². The normalized spacial score (nSPS) is 11.0. The van der Waals surface area contributed by atoms with Crippen molar-refractivity contribution in [1.82, 2.24) is 0 Å². The molecular weight excluding hydrogens is 292 g/mol. The Hall–Kier alpha value is 0.180. The topological polar surface area (TPSA) is 0 Å². The summed E-state index contributed by atoms with van der Waals surface area (Å²) in [6, 6.07) is 0. The molecule has 0 aromatic carbocycles. The maximum atomic E-state index is 3.32. The molecule has 0 atom stereocenters. The summed E-state index contributed by atoms with van der Waals surface area (Å²) in [5.41, 5.74) is 2.79. The molecule has 13 heavy (non-hydrogen) atoms. The van der Waals surface area contributed by atoms with Crippen LogP contribution in [0.5, 0.6) is 0 Å². The number of hydrogen-bond donors (Lipinski definition) is 0. The van der Waals surface area contributed by atoms with Gasteiger partial charge in [0.1, 0.15) is 0 Å². The lowest BCUT2D eigenvalue weighted by molar-refractivity contribution is 0.967. The first-order valence-corrected chi connectivity index (χ1v) is 5.93. The van der Waals surface area contributed by atoms with Crippen LogP contribution >= 0.6 is 31.9 Å². The zero-order valence-electron chi connectivity index (χ0n) is 8.40. The summed E-state index contributed by atoms with van der Waals surface area (Å²) in [7, 11) is 0. The van der Waals surface area contributed by atoms with Crippen molar-refractivity contribution in [1.29, 1.82) is 0 Å². The fraction of sp³-hybridized carbons (Fsp3) is 0.455. The molecule has 0 rings (SSSR count). The van der Waals surface area contributed by atoms with Gasteiger partial charge in [-0.25, -0.2) is 0 Å². The molecule has 0 unspecified atom stereocenters. The van der Waals surface area contributed by atoms with E-state index in [1.807, 2.05) is 6.08 Å². The standard InChI is InChI=1S/C11H16Br2/c1-9(2)5-4-6-10(3)7-8-11(12)13/h5,7-8H,4,6H2,1-3H3/b10-7-. The van der Waals surface area contributed by atoms with Crippen LogP contribution in [-0.2, 0) is 0 Å². The van der Waals surface area contributed by atoms with Crippen molar-refractivity contribution in [2.24, 2.45) is 0 Å². The molecule has 0 saturated heterocycles. The summed E-state index contributed by atoms with van der Waals surface area (Å²) in [4.78, 5) is 0. The van der Waals surface area contributed by atoms with Gasteiger partial charge in [0, 0.05) is 0 Å². The van der Waals surface area contributed by atoms with Crippen LogP contribution in [-0.4, -0.2) is 0 Å². The highest BCUT2D eigenvalue weighted by Gasteiger charge is 1.87. The zero-order chi connectivity index (χ0) is 10.3. The Kier molecular flexibility index (Phi) is 7.68. The van der Waals surface area contributed by atoms with Crippen molar-refractivity contribution in [3.8, 4) is 0 Å². The molecule has 0 aliphatic carbocycles. The highest BCUT2D eigenvalue weighted by atomic mass is 79.9. The minimum atomic E-state index is 0.988. The molecule has 74 valence electrons. The molecule has 0 radical (unpaired) electrons. The summed E-state index contributed by atoms with van der Waals surface area (Å²) in [6.45, 7) is 6.42. The van der Waals surface area contributed by atoms with Crippen molar-refractivity contribution >= 4 is 31.9 Å². The van der Waals surface area contributed by atoms with E-state index in [0.717, 1.165) is 16.2 Å². The van der Waals surface area contributed by atoms with Crippen LogP contribution in [0.25, 0.3) is 0 Å². The van der Waals surface area contributed by atoms with Gasteiger partial charge in [-0.05, 0) is 71.5 Å². The van der Waals surface area contributed by atoms with E-state index in [2.05, 4.69) is 64.8 Å². The second kappa shape index (κ2) is 7.57. The van der Waals surface area contributed by atoms with E-state index < -0.39 is 0 Å². The van der Waals surface area contributed by atoms with Gasteiger partial charge in [0.25, 0.3) is 0 Å². The maximum absolute atomic E-state index is 3.32. The predicted octanol–water partition coefficient (Wildman–Crippen LogP) is 5.31. The second-order valence-electron chi connectivity index (χ2n) is 3.29. The molecule has 0 heterocycles. The van der Waals surface area contributed by atoms with E-state index in [1.54, 1.807) is 0 Å². The van der Waals surface area contributed by atoms with E-state index in [4.69, 9.17) is 0 Å². The summed E-state index contributed by atoms with van der Waals surface area (Å²) >= 11 is 6.63. The summed E-state index contributed by atoms with van der Waals surface area (Å²) < 4.78 is 0.988. The van der Waals surface area contributed by atoms with Crippen molar-refractivity contribution in [2.45, 2.75) is 33.6 Å². The van der Waals surface area contributed by atoms with Crippen molar-refractivity contribution in [3.63, 3.8) is 0 Å². The third kappa shape index (κ3) is 10.1. The lowest BCUT2D eigenvalue weighted by Gasteiger charge is -1.96. The van der Waals surface area contributed by atoms with Gasteiger partial charge in [0.2, 0.25) is 0 Å². The van der Waals surface area contributed by atoms with Crippen LogP contribution in [0.3, 0.4) is 0 Å². The molecule has 0 aromatic heterocycles. The van der Waals surface area contributed by atoms with Gasteiger partial charge >= 0.3 is 0 Å². The first-order valence-electron chi connectivity index (χ1n) is 4.34. The van der Waals surface area contributed by atoms with Crippen LogP contribution in [0.2, 0.25) is 0 Å². The zero-order valence-corrected chi connectivity index (χ0v) is 11.6. The summed E-state index contributed by atoms with van der Waals surface area (Å²) in [5, 5.41) is 0. The fourth-order valence-corrected chi connectivity index (χ4v) is 1.14. The lowest BCUT2D eigenvalue weighted by atomic mass is 10.1. The molecule has 0 aliphatic rings.